The van der Waals surface area contributed by atoms with E-state index < -0.39 is 5.97 Å². The van der Waals surface area contributed by atoms with Gasteiger partial charge in [-0.1, -0.05) is 30.3 Å². The second kappa shape index (κ2) is 4.48. The fourth-order valence-electron chi connectivity index (χ4n) is 2.03. The van der Waals surface area contributed by atoms with Crippen LogP contribution < -0.4 is 0 Å². The average molecular weight is 272 g/mol. The van der Waals surface area contributed by atoms with Crippen LogP contribution in [0.4, 0.5) is 4.39 Å². The molecule has 0 bridgehead atoms. The van der Waals surface area contributed by atoms with Gasteiger partial charge in [0, 0.05) is 4.70 Å². The summed E-state index contributed by atoms with van der Waals surface area (Å²) in [6.45, 7) is 0. The molecule has 0 aliphatic carbocycles. The zero-order chi connectivity index (χ0) is 13.4. The number of carboxylic acids is 1. The molecule has 0 aliphatic heterocycles. The second-order valence-electron chi connectivity index (χ2n) is 4.15. The van der Waals surface area contributed by atoms with Crippen LogP contribution in [0.1, 0.15) is 9.67 Å². The number of fused-ring (bicyclic) bond motifs is 1. The molecule has 0 saturated carbocycles. The largest absolute Gasteiger partial charge is 0.477 e. The molecule has 1 heterocycles. The van der Waals surface area contributed by atoms with E-state index in [4.69, 9.17) is 5.11 Å². The smallest absolute Gasteiger partial charge is 0.345 e. The molecule has 0 unspecified atom stereocenters. The van der Waals surface area contributed by atoms with E-state index in [-0.39, 0.29) is 5.82 Å². The highest BCUT2D eigenvalue weighted by Crippen LogP contribution is 2.34. The normalized spacial score (nSPS) is 10.8. The fourth-order valence-corrected chi connectivity index (χ4v) is 3.06. The van der Waals surface area contributed by atoms with Crippen molar-refractivity contribution in [1.29, 1.82) is 0 Å². The number of carboxylic acid groups (broad SMARTS) is 1. The molecule has 2 nitrogen and oxygen atoms in total. The van der Waals surface area contributed by atoms with Gasteiger partial charge in [-0.25, -0.2) is 9.18 Å². The Morgan fingerprint density at radius 2 is 1.84 bits per heavy atom. The van der Waals surface area contributed by atoms with Crippen molar-refractivity contribution in [3.8, 4) is 11.1 Å². The van der Waals surface area contributed by atoms with E-state index in [9.17, 15) is 9.18 Å². The summed E-state index contributed by atoms with van der Waals surface area (Å²) in [5, 5.41) is 9.94. The molecule has 1 aromatic heterocycles. The lowest BCUT2D eigenvalue weighted by Gasteiger charge is -2.03. The van der Waals surface area contributed by atoms with Gasteiger partial charge >= 0.3 is 5.97 Å². The zero-order valence-electron chi connectivity index (χ0n) is 9.76. The lowest BCUT2D eigenvalue weighted by Crippen LogP contribution is -1.89. The number of aromatic carboxylic acids is 1. The summed E-state index contributed by atoms with van der Waals surface area (Å²) in [5.74, 6) is -1.21. The van der Waals surface area contributed by atoms with E-state index in [1.165, 1.54) is 23.5 Å². The highest BCUT2D eigenvalue weighted by atomic mass is 32.1. The third-order valence-corrected chi connectivity index (χ3v) is 4.08. The molecule has 0 aliphatic rings. The van der Waals surface area contributed by atoms with E-state index in [1.54, 1.807) is 18.2 Å². The van der Waals surface area contributed by atoms with Crippen molar-refractivity contribution in [3.05, 3.63) is 59.2 Å². The van der Waals surface area contributed by atoms with Crippen LogP contribution in [0.2, 0.25) is 0 Å². The Morgan fingerprint density at radius 1 is 1.11 bits per heavy atom. The summed E-state index contributed by atoms with van der Waals surface area (Å²) in [7, 11) is 0. The molecule has 19 heavy (non-hydrogen) atoms. The first-order valence-corrected chi connectivity index (χ1v) is 6.48. The Hall–Kier alpha value is -2.20. The summed E-state index contributed by atoms with van der Waals surface area (Å²) >= 11 is 1.24. The number of thiophene rings is 1. The minimum Gasteiger partial charge on any atom is -0.477 e. The molecule has 3 rings (SSSR count). The van der Waals surface area contributed by atoms with Gasteiger partial charge in [0.2, 0.25) is 0 Å². The van der Waals surface area contributed by atoms with E-state index in [1.807, 2.05) is 18.2 Å². The van der Waals surface area contributed by atoms with Gasteiger partial charge in [0.05, 0.1) is 0 Å². The number of halogens is 1. The van der Waals surface area contributed by atoms with E-state index in [0.29, 0.717) is 4.88 Å². The topological polar surface area (TPSA) is 37.3 Å². The molecule has 3 aromatic rings. The van der Waals surface area contributed by atoms with Crippen LogP contribution in [0.25, 0.3) is 21.2 Å². The maximum Gasteiger partial charge on any atom is 0.345 e. The summed E-state index contributed by atoms with van der Waals surface area (Å²) in [4.78, 5) is 11.3. The van der Waals surface area contributed by atoms with Crippen molar-refractivity contribution in [2.24, 2.45) is 0 Å². The van der Waals surface area contributed by atoms with Crippen molar-refractivity contribution < 1.29 is 14.3 Å². The second-order valence-corrected chi connectivity index (χ2v) is 5.20. The van der Waals surface area contributed by atoms with Gasteiger partial charge in [0.1, 0.15) is 10.7 Å². The third kappa shape index (κ3) is 2.11. The lowest BCUT2D eigenvalue weighted by molar-refractivity contribution is 0.0702. The van der Waals surface area contributed by atoms with Gasteiger partial charge in [-0.3, -0.25) is 0 Å². The first-order valence-electron chi connectivity index (χ1n) is 5.67. The SMILES string of the molecule is O=C(O)c1cc2cccc(-c3ccc(F)cc3)c2s1. The average Bonchev–Trinajstić information content (AvgIpc) is 2.83. The molecule has 0 saturated heterocycles. The molecule has 4 heteroatoms. The van der Waals surface area contributed by atoms with Crippen LogP contribution in [0.3, 0.4) is 0 Å². The molecule has 0 radical (unpaired) electrons. The standard InChI is InChI=1S/C15H9FO2S/c16-11-6-4-9(5-7-11)12-3-1-2-10-8-13(15(17)18)19-14(10)12/h1-8H,(H,17,18). The highest BCUT2D eigenvalue weighted by molar-refractivity contribution is 7.21. The summed E-state index contributed by atoms with van der Waals surface area (Å²) < 4.78 is 13.9. The molecule has 0 spiro atoms. The third-order valence-electron chi connectivity index (χ3n) is 2.91. The maximum atomic E-state index is 13.0. The van der Waals surface area contributed by atoms with Crippen LogP contribution in [0.5, 0.6) is 0 Å². The van der Waals surface area contributed by atoms with Crippen molar-refractivity contribution in [2.75, 3.05) is 0 Å². The molecule has 0 fully saturated rings. The number of benzene rings is 2. The highest BCUT2D eigenvalue weighted by Gasteiger charge is 2.11. The molecule has 1 N–H and O–H groups in total. The Balaban J connectivity index is 2.23. The first-order chi connectivity index (χ1) is 9.15. The number of rotatable bonds is 2. The van der Waals surface area contributed by atoms with Crippen LogP contribution >= 0.6 is 11.3 Å². The minimum absolute atomic E-state index is 0.284. The predicted molar refractivity (Wildman–Crippen MR) is 74.2 cm³/mol. The van der Waals surface area contributed by atoms with Crippen LogP contribution in [-0.2, 0) is 0 Å². The number of hydrogen-bond acceptors (Lipinski definition) is 2. The number of hydrogen-bond donors (Lipinski definition) is 1. The van der Waals surface area contributed by atoms with Gasteiger partial charge in [-0.2, -0.15) is 0 Å². The fraction of sp³-hybridized carbons (Fsp3) is 0. The Morgan fingerprint density at radius 3 is 2.53 bits per heavy atom. The lowest BCUT2D eigenvalue weighted by atomic mass is 10.0. The number of carbonyl (C=O) groups is 1. The summed E-state index contributed by atoms with van der Waals surface area (Å²) in [6, 6.07) is 13.5. The predicted octanol–water partition coefficient (Wildman–Crippen LogP) is 4.41. The van der Waals surface area contributed by atoms with Crippen LogP contribution in [0.15, 0.2) is 48.5 Å². The quantitative estimate of drug-likeness (QED) is 0.750. The van der Waals surface area contributed by atoms with E-state index >= 15 is 0 Å². The summed E-state index contributed by atoms with van der Waals surface area (Å²) in [6.07, 6.45) is 0. The minimum atomic E-state index is -0.925. The Bertz CT molecular complexity index is 759. The van der Waals surface area contributed by atoms with E-state index in [2.05, 4.69) is 0 Å². The van der Waals surface area contributed by atoms with Gasteiger partial charge in [0.15, 0.2) is 0 Å². The monoisotopic (exact) mass is 272 g/mol. The van der Waals surface area contributed by atoms with Crippen molar-refractivity contribution in [3.63, 3.8) is 0 Å². The molecular formula is C15H9FO2S. The van der Waals surface area contributed by atoms with Gasteiger partial charge in [-0.05, 0) is 34.7 Å². The van der Waals surface area contributed by atoms with E-state index in [0.717, 1.165) is 21.2 Å². The molecular weight excluding hydrogens is 263 g/mol. The van der Waals surface area contributed by atoms with Crippen molar-refractivity contribution in [1.82, 2.24) is 0 Å². The van der Waals surface area contributed by atoms with Gasteiger partial charge in [-0.15, -0.1) is 11.3 Å². The Labute approximate surface area is 112 Å². The summed E-state index contributed by atoms with van der Waals surface area (Å²) in [5.41, 5.74) is 1.81. The Kier molecular flexibility index (Phi) is 2.80. The zero-order valence-corrected chi connectivity index (χ0v) is 10.6. The van der Waals surface area contributed by atoms with Gasteiger partial charge in [0.25, 0.3) is 0 Å². The van der Waals surface area contributed by atoms with Crippen LogP contribution in [-0.4, -0.2) is 11.1 Å². The van der Waals surface area contributed by atoms with Gasteiger partial charge < -0.3 is 5.11 Å². The first kappa shape index (κ1) is 11.9. The van der Waals surface area contributed by atoms with Crippen molar-refractivity contribution in [2.45, 2.75) is 0 Å². The molecule has 0 atom stereocenters. The van der Waals surface area contributed by atoms with Crippen LogP contribution in [0, 0.1) is 5.82 Å². The molecule has 94 valence electrons. The van der Waals surface area contributed by atoms with Crippen molar-refractivity contribution >= 4 is 27.4 Å². The molecule has 0 amide bonds. The molecule has 2 aromatic carbocycles. The maximum absolute atomic E-state index is 13.0.